The Morgan fingerprint density at radius 3 is 3.12 bits per heavy atom. The molecule has 0 radical (unpaired) electrons. The number of carbonyl (C=O) groups excluding carboxylic acids is 1. The van der Waals surface area contributed by atoms with Crippen molar-refractivity contribution >= 4 is 5.91 Å². The molecule has 1 atom stereocenters. The minimum absolute atomic E-state index is 0.0992. The molecule has 1 unspecified atom stereocenters. The second kappa shape index (κ2) is 4.61. The topological polar surface area (TPSA) is 59.2 Å². The van der Waals surface area contributed by atoms with E-state index in [0.717, 1.165) is 25.1 Å². The molecule has 1 aliphatic heterocycles. The summed E-state index contributed by atoms with van der Waals surface area (Å²) in [5.74, 6) is 0.0992. The summed E-state index contributed by atoms with van der Waals surface area (Å²) < 4.78 is 0. The van der Waals surface area contributed by atoms with Gasteiger partial charge in [-0.05, 0) is 31.9 Å². The molecule has 2 heterocycles. The number of likely N-dealkylation sites (tertiary alicyclic amines) is 1. The SMILES string of the molecule is CC1CCCN1C(=O)c1ccnc(CN)c1. The largest absolute Gasteiger partial charge is 0.336 e. The summed E-state index contributed by atoms with van der Waals surface area (Å²) in [5, 5.41) is 0. The van der Waals surface area contributed by atoms with E-state index in [2.05, 4.69) is 11.9 Å². The molecule has 4 nitrogen and oxygen atoms in total. The number of nitrogens with zero attached hydrogens (tertiary/aromatic N) is 2. The summed E-state index contributed by atoms with van der Waals surface area (Å²) in [6.07, 6.45) is 3.85. The Morgan fingerprint density at radius 2 is 2.50 bits per heavy atom. The van der Waals surface area contributed by atoms with Crippen LogP contribution in [-0.2, 0) is 6.54 Å². The lowest BCUT2D eigenvalue weighted by atomic mass is 10.2. The van der Waals surface area contributed by atoms with E-state index in [1.165, 1.54) is 0 Å². The highest BCUT2D eigenvalue weighted by Gasteiger charge is 2.25. The fraction of sp³-hybridized carbons (Fsp3) is 0.500. The van der Waals surface area contributed by atoms with Crippen molar-refractivity contribution in [2.75, 3.05) is 6.54 Å². The Morgan fingerprint density at radius 1 is 1.69 bits per heavy atom. The fourth-order valence-corrected chi connectivity index (χ4v) is 2.12. The molecule has 1 amide bonds. The number of amides is 1. The maximum atomic E-state index is 12.2. The zero-order valence-corrected chi connectivity index (χ0v) is 9.52. The Labute approximate surface area is 95.5 Å². The van der Waals surface area contributed by atoms with Crippen LogP contribution in [0.3, 0.4) is 0 Å². The van der Waals surface area contributed by atoms with Crippen molar-refractivity contribution < 1.29 is 4.79 Å². The molecule has 2 rings (SSSR count). The number of hydrogen-bond acceptors (Lipinski definition) is 3. The first kappa shape index (κ1) is 11.1. The van der Waals surface area contributed by atoms with Crippen LogP contribution in [0.4, 0.5) is 0 Å². The molecule has 1 saturated heterocycles. The van der Waals surface area contributed by atoms with E-state index in [4.69, 9.17) is 5.73 Å². The normalized spacial score (nSPS) is 20.1. The van der Waals surface area contributed by atoms with Gasteiger partial charge in [-0.25, -0.2) is 0 Å². The maximum absolute atomic E-state index is 12.2. The molecule has 0 bridgehead atoms. The van der Waals surface area contributed by atoms with Crippen LogP contribution in [-0.4, -0.2) is 28.4 Å². The molecule has 0 aromatic carbocycles. The Balaban J connectivity index is 2.19. The third-order valence-electron chi connectivity index (χ3n) is 3.09. The lowest BCUT2D eigenvalue weighted by molar-refractivity contribution is 0.0747. The van der Waals surface area contributed by atoms with E-state index in [1.807, 2.05) is 4.90 Å². The van der Waals surface area contributed by atoms with Crippen LogP contribution in [0.25, 0.3) is 0 Å². The van der Waals surface area contributed by atoms with Gasteiger partial charge in [0.1, 0.15) is 0 Å². The van der Waals surface area contributed by atoms with Gasteiger partial charge in [0.15, 0.2) is 0 Å². The summed E-state index contributed by atoms with van der Waals surface area (Å²) in [6, 6.07) is 3.89. The van der Waals surface area contributed by atoms with Crippen LogP contribution in [0.15, 0.2) is 18.3 Å². The quantitative estimate of drug-likeness (QED) is 0.812. The predicted octanol–water partition coefficient (Wildman–Crippen LogP) is 1.16. The second-order valence-electron chi connectivity index (χ2n) is 4.23. The van der Waals surface area contributed by atoms with Crippen molar-refractivity contribution in [3.05, 3.63) is 29.6 Å². The summed E-state index contributed by atoms with van der Waals surface area (Å²) in [7, 11) is 0. The number of rotatable bonds is 2. The molecule has 1 fully saturated rings. The molecule has 1 aromatic rings. The highest BCUT2D eigenvalue weighted by Crippen LogP contribution is 2.19. The fourth-order valence-electron chi connectivity index (χ4n) is 2.12. The molecule has 0 spiro atoms. The van der Waals surface area contributed by atoms with Gasteiger partial charge >= 0.3 is 0 Å². The third-order valence-corrected chi connectivity index (χ3v) is 3.09. The molecule has 1 aromatic heterocycles. The van der Waals surface area contributed by atoms with Crippen LogP contribution in [0, 0.1) is 0 Å². The van der Waals surface area contributed by atoms with Crippen molar-refractivity contribution in [3.8, 4) is 0 Å². The molecule has 16 heavy (non-hydrogen) atoms. The van der Waals surface area contributed by atoms with Crippen molar-refractivity contribution in [3.63, 3.8) is 0 Å². The highest BCUT2D eigenvalue weighted by atomic mass is 16.2. The smallest absolute Gasteiger partial charge is 0.254 e. The average molecular weight is 219 g/mol. The second-order valence-corrected chi connectivity index (χ2v) is 4.23. The van der Waals surface area contributed by atoms with Crippen LogP contribution < -0.4 is 5.73 Å². The first-order valence-corrected chi connectivity index (χ1v) is 5.68. The van der Waals surface area contributed by atoms with E-state index in [1.54, 1.807) is 18.3 Å². The zero-order valence-electron chi connectivity index (χ0n) is 9.52. The molecule has 2 N–H and O–H groups in total. The van der Waals surface area contributed by atoms with E-state index < -0.39 is 0 Å². The van der Waals surface area contributed by atoms with Gasteiger partial charge in [-0.15, -0.1) is 0 Å². The zero-order chi connectivity index (χ0) is 11.5. The lowest BCUT2D eigenvalue weighted by Gasteiger charge is -2.21. The van der Waals surface area contributed by atoms with Crippen molar-refractivity contribution in [1.82, 2.24) is 9.88 Å². The van der Waals surface area contributed by atoms with E-state index in [9.17, 15) is 4.79 Å². The van der Waals surface area contributed by atoms with Crippen LogP contribution >= 0.6 is 0 Å². The van der Waals surface area contributed by atoms with Crippen molar-refractivity contribution in [2.24, 2.45) is 5.73 Å². The van der Waals surface area contributed by atoms with E-state index in [-0.39, 0.29) is 5.91 Å². The van der Waals surface area contributed by atoms with Gasteiger partial charge in [0.2, 0.25) is 0 Å². The predicted molar refractivity (Wildman–Crippen MR) is 61.9 cm³/mol. The Hall–Kier alpha value is -1.42. The van der Waals surface area contributed by atoms with E-state index >= 15 is 0 Å². The number of carbonyl (C=O) groups is 1. The average Bonchev–Trinajstić information content (AvgIpc) is 2.74. The van der Waals surface area contributed by atoms with Crippen LogP contribution in [0.5, 0.6) is 0 Å². The molecule has 1 aliphatic rings. The highest BCUT2D eigenvalue weighted by molar-refractivity contribution is 5.94. The number of aromatic nitrogens is 1. The van der Waals surface area contributed by atoms with Gasteiger partial charge < -0.3 is 10.6 Å². The van der Waals surface area contributed by atoms with Gasteiger partial charge in [-0.1, -0.05) is 0 Å². The molecule has 0 saturated carbocycles. The third kappa shape index (κ3) is 2.07. The molecule has 86 valence electrons. The standard InChI is InChI=1S/C12H17N3O/c1-9-3-2-6-15(9)12(16)10-4-5-14-11(7-10)8-13/h4-5,7,9H,2-3,6,8,13H2,1H3. The Kier molecular flexibility index (Phi) is 3.19. The number of hydrogen-bond donors (Lipinski definition) is 1. The van der Waals surface area contributed by atoms with Crippen molar-refractivity contribution in [1.29, 1.82) is 0 Å². The lowest BCUT2D eigenvalue weighted by Crippen LogP contribution is -2.33. The first-order valence-electron chi connectivity index (χ1n) is 5.68. The first-order chi connectivity index (χ1) is 7.72. The van der Waals surface area contributed by atoms with Gasteiger partial charge in [-0.3, -0.25) is 9.78 Å². The number of nitrogens with two attached hydrogens (primary N) is 1. The van der Waals surface area contributed by atoms with Gasteiger partial charge in [0.25, 0.3) is 5.91 Å². The summed E-state index contributed by atoms with van der Waals surface area (Å²) in [5.41, 5.74) is 6.97. The molecule has 0 aliphatic carbocycles. The molecule has 4 heteroatoms. The summed E-state index contributed by atoms with van der Waals surface area (Å²) in [6.45, 7) is 3.33. The Bertz CT molecular complexity index is 392. The minimum Gasteiger partial charge on any atom is -0.336 e. The minimum atomic E-state index is 0.0992. The monoisotopic (exact) mass is 219 g/mol. The van der Waals surface area contributed by atoms with Gasteiger partial charge in [0, 0.05) is 30.9 Å². The van der Waals surface area contributed by atoms with E-state index in [0.29, 0.717) is 18.2 Å². The summed E-state index contributed by atoms with van der Waals surface area (Å²) >= 11 is 0. The number of pyridine rings is 1. The summed E-state index contributed by atoms with van der Waals surface area (Å²) in [4.78, 5) is 18.2. The van der Waals surface area contributed by atoms with Crippen molar-refractivity contribution in [2.45, 2.75) is 32.4 Å². The van der Waals surface area contributed by atoms with Gasteiger partial charge in [0.05, 0.1) is 5.69 Å². The van der Waals surface area contributed by atoms with Gasteiger partial charge in [-0.2, -0.15) is 0 Å². The van der Waals surface area contributed by atoms with Crippen LogP contribution in [0.1, 0.15) is 35.8 Å². The molecular formula is C12H17N3O. The molecular weight excluding hydrogens is 202 g/mol. The maximum Gasteiger partial charge on any atom is 0.254 e. The van der Waals surface area contributed by atoms with Crippen LogP contribution in [0.2, 0.25) is 0 Å².